The van der Waals surface area contributed by atoms with E-state index in [9.17, 15) is 0 Å². The van der Waals surface area contributed by atoms with Crippen molar-refractivity contribution in [2.45, 2.75) is 33.7 Å². The van der Waals surface area contributed by atoms with Crippen LogP contribution in [-0.4, -0.2) is 18.3 Å². The van der Waals surface area contributed by atoms with E-state index >= 15 is 0 Å². The molecule has 0 saturated carbocycles. The van der Waals surface area contributed by atoms with E-state index in [0.717, 1.165) is 18.1 Å². The molecule has 86 valence electrons. The highest BCUT2D eigenvalue weighted by Gasteiger charge is 2.12. The van der Waals surface area contributed by atoms with Gasteiger partial charge in [-0.2, -0.15) is 0 Å². The molecular weight excluding hydrogens is 190 g/mol. The quantitative estimate of drug-likeness (QED) is 0.784. The van der Waals surface area contributed by atoms with Gasteiger partial charge in [0.15, 0.2) is 0 Å². The van der Waals surface area contributed by atoms with Gasteiger partial charge < -0.3 is 14.8 Å². The highest BCUT2D eigenvalue weighted by Crippen LogP contribution is 2.21. The van der Waals surface area contributed by atoms with Crippen LogP contribution in [0.15, 0.2) is 10.5 Å². The van der Waals surface area contributed by atoms with Crippen LogP contribution in [0.5, 0.6) is 0 Å². The molecule has 0 aliphatic carbocycles. The van der Waals surface area contributed by atoms with Crippen molar-refractivity contribution in [3.05, 3.63) is 23.2 Å². The summed E-state index contributed by atoms with van der Waals surface area (Å²) in [4.78, 5) is 0. The molecule has 0 aliphatic heterocycles. The number of aryl methyl sites for hydroxylation is 2. The fraction of sp³-hybridized carbons (Fsp3) is 0.667. The average Bonchev–Trinajstić information content (AvgIpc) is 2.53. The normalized spacial score (nSPS) is 15.3. The molecular formula is C12H21NO2. The van der Waals surface area contributed by atoms with Crippen molar-refractivity contribution in [3.8, 4) is 0 Å². The monoisotopic (exact) mass is 211 g/mol. The predicted molar refractivity (Wildman–Crippen MR) is 60.8 cm³/mol. The van der Waals surface area contributed by atoms with Gasteiger partial charge in [-0.1, -0.05) is 6.92 Å². The average molecular weight is 211 g/mol. The van der Waals surface area contributed by atoms with Gasteiger partial charge in [-0.05, 0) is 32.8 Å². The zero-order chi connectivity index (χ0) is 11.4. The molecule has 1 heterocycles. The Kier molecular flexibility index (Phi) is 4.36. The largest absolute Gasteiger partial charge is 0.466 e. The number of aliphatic hydroxyl groups excluding tert-OH is 1. The van der Waals surface area contributed by atoms with Gasteiger partial charge >= 0.3 is 0 Å². The van der Waals surface area contributed by atoms with Gasteiger partial charge in [-0.25, -0.2) is 0 Å². The first-order valence-electron chi connectivity index (χ1n) is 5.45. The molecule has 2 N–H and O–H groups in total. The second-order valence-corrected chi connectivity index (χ2v) is 4.29. The van der Waals surface area contributed by atoms with E-state index < -0.39 is 0 Å². The lowest BCUT2D eigenvalue weighted by atomic mass is 10.1. The van der Waals surface area contributed by atoms with Crippen LogP contribution in [0, 0.1) is 19.8 Å². The van der Waals surface area contributed by atoms with Crippen molar-refractivity contribution in [1.29, 1.82) is 0 Å². The summed E-state index contributed by atoms with van der Waals surface area (Å²) >= 11 is 0. The maximum atomic E-state index is 8.92. The lowest BCUT2D eigenvalue weighted by molar-refractivity contribution is 0.231. The standard InChI is InChI=1S/C12H21NO2/c1-8(7-14)6-13-10(3)12-5-9(2)15-11(12)4/h5,8,10,13-14H,6-7H2,1-4H3. The molecule has 0 saturated heterocycles. The Morgan fingerprint density at radius 2 is 2.07 bits per heavy atom. The summed E-state index contributed by atoms with van der Waals surface area (Å²) in [7, 11) is 0. The minimum Gasteiger partial charge on any atom is -0.466 e. The van der Waals surface area contributed by atoms with Crippen LogP contribution >= 0.6 is 0 Å². The van der Waals surface area contributed by atoms with Crippen molar-refractivity contribution in [2.24, 2.45) is 5.92 Å². The van der Waals surface area contributed by atoms with Crippen molar-refractivity contribution in [2.75, 3.05) is 13.2 Å². The van der Waals surface area contributed by atoms with Crippen LogP contribution in [0.4, 0.5) is 0 Å². The smallest absolute Gasteiger partial charge is 0.105 e. The van der Waals surface area contributed by atoms with E-state index in [1.54, 1.807) is 0 Å². The zero-order valence-electron chi connectivity index (χ0n) is 10.0. The predicted octanol–water partition coefficient (Wildman–Crippen LogP) is 2.18. The van der Waals surface area contributed by atoms with E-state index in [4.69, 9.17) is 9.52 Å². The van der Waals surface area contributed by atoms with Crippen LogP contribution in [0.3, 0.4) is 0 Å². The number of nitrogens with one attached hydrogen (secondary N) is 1. The van der Waals surface area contributed by atoms with Crippen LogP contribution < -0.4 is 5.32 Å². The molecule has 0 fully saturated rings. The maximum Gasteiger partial charge on any atom is 0.105 e. The molecule has 15 heavy (non-hydrogen) atoms. The van der Waals surface area contributed by atoms with Crippen LogP contribution in [0.25, 0.3) is 0 Å². The molecule has 0 spiro atoms. The molecule has 2 atom stereocenters. The van der Waals surface area contributed by atoms with E-state index in [1.165, 1.54) is 5.56 Å². The topological polar surface area (TPSA) is 45.4 Å². The van der Waals surface area contributed by atoms with Crippen LogP contribution in [0.1, 0.15) is 37.0 Å². The van der Waals surface area contributed by atoms with E-state index in [2.05, 4.69) is 18.3 Å². The Labute approximate surface area is 91.5 Å². The summed E-state index contributed by atoms with van der Waals surface area (Å²) in [6.45, 7) is 9.12. The van der Waals surface area contributed by atoms with Gasteiger partial charge in [0.2, 0.25) is 0 Å². The van der Waals surface area contributed by atoms with Gasteiger partial charge in [0.05, 0.1) is 0 Å². The lowest BCUT2D eigenvalue weighted by Crippen LogP contribution is -2.26. The molecule has 1 aromatic rings. The molecule has 0 aliphatic rings. The van der Waals surface area contributed by atoms with E-state index in [0.29, 0.717) is 5.92 Å². The number of rotatable bonds is 5. The fourth-order valence-corrected chi connectivity index (χ4v) is 1.63. The fourth-order valence-electron chi connectivity index (χ4n) is 1.63. The molecule has 0 radical (unpaired) electrons. The Bertz CT molecular complexity index is 307. The van der Waals surface area contributed by atoms with Crippen molar-refractivity contribution in [1.82, 2.24) is 5.32 Å². The number of hydrogen-bond donors (Lipinski definition) is 2. The second-order valence-electron chi connectivity index (χ2n) is 4.29. The summed E-state index contributed by atoms with van der Waals surface area (Å²) in [6.07, 6.45) is 0. The van der Waals surface area contributed by atoms with Gasteiger partial charge in [-0.3, -0.25) is 0 Å². The zero-order valence-corrected chi connectivity index (χ0v) is 10.0. The second kappa shape index (κ2) is 5.33. The van der Waals surface area contributed by atoms with Gasteiger partial charge in [-0.15, -0.1) is 0 Å². The first-order valence-corrected chi connectivity index (χ1v) is 5.45. The third-order valence-corrected chi connectivity index (χ3v) is 2.63. The molecule has 3 heteroatoms. The molecule has 1 rings (SSSR count). The lowest BCUT2D eigenvalue weighted by Gasteiger charge is -2.15. The summed E-state index contributed by atoms with van der Waals surface area (Å²) in [5, 5.41) is 12.3. The first-order chi connectivity index (χ1) is 7.04. The summed E-state index contributed by atoms with van der Waals surface area (Å²) in [5.41, 5.74) is 1.21. The number of aliphatic hydroxyl groups is 1. The highest BCUT2D eigenvalue weighted by molar-refractivity contribution is 5.23. The van der Waals surface area contributed by atoms with Crippen molar-refractivity contribution < 1.29 is 9.52 Å². The summed E-state index contributed by atoms with van der Waals surface area (Å²) in [6, 6.07) is 2.34. The number of hydrogen-bond acceptors (Lipinski definition) is 3. The Hall–Kier alpha value is -0.800. The Morgan fingerprint density at radius 1 is 1.40 bits per heavy atom. The maximum absolute atomic E-state index is 8.92. The molecule has 2 unspecified atom stereocenters. The number of furan rings is 1. The Balaban J connectivity index is 2.53. The molecule has 0 bridgehead atoms. The minimum atomic E-state index is 0.225. The summed E-state index contributed by atoms with van der Waals surface area (Å²) < 4.78 is 5.48. The Morgan fingerprint density at radius 3 is 2.53 bits per heavy atom. The third-order valence-electron chi connectivity index (χ3n) is 2.63. The summed E-state index contributed by atoms with van der Waals surface area (Å²) in [5.74, 6) is 2.22. The SMILES string of the molecule is Cc1cc(C(C)NCC(C)CO)c(C)o1. The van der Waals surface area contributed by atoms with Gasteiger partial charge in [0.25, 0.3) is 0 Å². The molecule has 3 nitrogen and oxygen atoms in total. The highest BCUT2D eigenvalue weighted by atomic mass is 16.3. The van der Waals surface area contributed by atoms with E-state index in [1.807, 2.05) is 20.8 Å². The minimum absolute atomic E-state index is 0.225. The van der Waals surface area contributed by atoms with Crippen LogP contribution in [-0.2, 0) is 0 Å². The molecule has 0 aromatic carbocycles. The first kappa shape index (κ1) is 12.3. The third kappa shape index (κ3) is 3.36. The van der Waals surface area contributed by atoms with Gasteiger partial charge in [0.1, 0.15) is 11.5 Å². The molecule has 0 amide bonds. The van der Waals surface area contributed by atoms with Crippen molar-refractivity contribution >= 4 is 0 Å². The molecule has 1 aromatic heterocycles. The van der Waals surface area contributed by atoms with E-state index in [-0.39, 0.29) is 12.6 Å². The van der Waals surface area contributed by atoms with Crippen LogP contribution in [0.2, 0.25) is 0 Å². The van der Waals surface area contributed by atoms with Crippen molar-refractivity contribution in [3.63, 3.8) is 0 Å². The van der Waals surface area contributed by atoms with Gasteiger partial charge in [0, 0.05) is 24.8 Å².